The predicted molar refractivity (Wildman–Crippen MR) is 113 cm³/mol. The molecule has 1 fully saturated rings. The fourth-order valence-corrected chi connectivity index (χ4v) is 4.92. The number of rotatable bonds is 2. The molecular weight excluding hydrogens is 400 g/mol. The van der Waals surface area contributed by atoms with Gasteiger partial charge in [0, 0.05) is 21.0 Å². The summed E-state index contributed by atoms with van der Waals surface area (Å²) in [7, 11) is 0. The maximum Gasteiger partial charge on any atom is 0.127 e. The first-order valence-corrected chi connectivity index (χ1v) is 10.7. The lowest BCUT2D eigenvalue weighted by Gasteiger charge is -2.15. The van der Waals surface area contributed by atoms with Gasteiger partial charge in [-0.1, -0.05) is 53.9 Å². The molecule has 1 aromatic heterocycles. The van der Waals surface area contributed by atoms with E-state index in [2.05, 4.69) is 57.9 Å². The fourth-order valence-electron chi connectivity index (χ4n) is 4.50. The molecule has 0 bridgehead atoms. The molecule has 0 atom stereocenters. The number of nitrogens with zero attached hydrogens (tertiary/aromatic N) is 2. The van der Waals surface area contributed by atoms with E-state index in [0.29, 0.717) is 12.6 Å². The second-order valence-electron chi connectivity index (χ2n) is 7.51. The van der Waals surface area contributed by atoms with Gasteiger partial charge < -0.3 is 4.74 Å². The molecule has 2 heterocycles. The van der Waals surface area contributed by atoms with Gasteiger partial charge in [0.25, 0.3) is 0 Å². The minimum absolute atomic E-state index is 0.543. The Labute approximate surface area is 168 Å². The average molecular weight is 423 g/mol. The van der Waals surface area contributed by atoms with Gasteiger partial charge in [0.15, 0.2) is 0 Å². The van der Waals surface area contributed by atoms with E-state index in [1.165, 1.54) is 57.8 Å². The van der Waals surface area contributed by atoms with Crippen molar-refractivity contribution >= 4 is 32.4 Å². The zero-order chi connectivity index (χ0) is 18.4. The summed E-state index contributed by atoms with van der Waals surface area (Å²) in [6, 6.07) is 13.5. The molecular formula is C23H23BrN2O. The van der Waals surface area contributed by atoms with Crippen LogP contribution in [0.1, 0.15) is 61.8 Å². The highest BCUT2D eigenvalue weighted by atomic mass is 79.9. The van der Waals surface area contributed by atoms with Crippen molar-refractivity contribution in [3.05, 3.63) is 63.8 Å². The van der Waals surface area contributed by atoms with Gasteiger partial charge in [-0.3, -0.25) is 4.68 Å². The number of hydrogen-bond donors (Lipinski definition) is 0. The van der Waals surface area contributed by atoms with Gasteiger partial charge in [-0.15, -0.1) is 0 Å². The largest absolute Gasteiger partial charge is 0.488 e. The molecule has 3 nitrogen and oxygen atoms in total. The van der Waals surface area contributed by atoms with Gasteiger partial charge >= 0.3 is 0 Å². The van der Waals surface area contributed by atoms with Crippen molar-refractivity contribution < 1.29 is 4.74 Å². The Kier molecular flexibility index (Phi) is 4.31. The molecule has 0 unspecified atom stereocenters. The third kappa shape index (κ3) is 2.82. The molecule has 0 N–H and O–H groups in total. The summed E-state index contributed by atoms with van der Waals surface area (Å²) in [4.78, 5) is 0. The molecule has 0 amide bonds. The van der Waals surface area contributed by atoms with Crippen LogP contribution in [0, 0.1) is 0 Å². The summed E-state index contributed by atoms with van der Waals surface area (Å²) in [6.07, 6.45) is 8.08. The minimum atomic E-state index is 0.543. The van der Waals surface area contributed by atoms with Crippen LogP contribution in [0.3, 0.4) is 0 Å². The summed E-state index contributed by atoms with van der Waals surface area (Å²) in [5.74, 6) is 0.954. The van der Waals surface area contributed by atoms with Crippen LogP contribution in [0.5, 0.6) is 5.75 Å². The van der Waals surface area contributed by atoms with Crippen LogP contribution in [0.15, 0.2) is 47.1 Å². The normalized spacial score (nSPS) is 18.7. The lowest BCUT2D eigenvalue weighted by atomic mass is 9.92. The second kappa shape index (κ2) is 6.83. The lowest BCUT2D eigenvalue weighted by Crippen LogP contribution is -2.06. The molecule has 0 saturated heterocycles. The number of fused-ring (bicyclic) bond motifs is 3. The van der Waals surface area contributed by atoms with E-state index in [1.807, 2.05) is 12.3 Å². The number of allylic oxidation sites excluding steroid dienone is 1. The zero-order valence-electron chi connectivity index (χ0n) is 15.5. The van der Waals surface area contributed by atoms with Gasteiger partial charge in [0.1, 0.15) is 12.4 Å². The Balaban J connectivity index is 1.73. The Morgan fingerprint density at radius 1 is 1.19 bits per heavy atom. The topological polar surface area (TPSA) is 27.1 Å². The quantitative estimate of drug-likeness (QED) is 0.464. The fraction of sp³-hybridized carbons (Fsp3) is 0.348. The maximum absolute atomic E-state index is 6.21. The molecule has 1 aliphatic carbocycles. The number of para-hydroxylation sites is 1. The van der Waals surface area contributed by atoms with Crippen molar-refractivity contribution in [2.24, 2.45) is 0 Å². The van der Waals surface area contributed by atoms with Crippen LogP contribution in [0.2, 0.25) is 0 Å². The summed E-state index contributed by atoms with van der Waals surface area (Å²) >= 11 is 3.84. The Hall–Kier alpha value is -2.07. The maximum atomic E-state index is 6.21. The average Bonchev–Trinajstić information content (AvgIpc) is 3.33. The number of aromatic nitrogens is 2. The van der Waals surface area contributed by atoms with Crippen molar-refractivity contribution in [2.45, 2.75) is 51.7 Å². The SMILES string of the molecule is CC/C(Br)=C1\c2cc3cnn(C4CCCC4)c3cc2COc2ccccc21. The third-order valence-corrected chi connectivity index (χ3v) is 6.84. The molecule has 5 rings (SSSR count). The van der Waals surface area contributed by atoms with Gasteiger partial charge in [-0.25, -0.2) is 0 Å². The number of hydrogen-bond acceptors (Lipinski definition) is 2. The van der Waals surface area contributed by atoms with Gasteiger partial charge in [-0.2, -0.15) is 5.10 Å². The first-order valence-electron chi connectivity index (χ1n) is 9.87. The molecule has 4 heteroatoms. The Bertz CT molecular complexity index is 1040. The smallest absolute Gasteiger partial charge is 0.127 e. The molecule has 138 valence electrons. The molecule has 1 aliphatic heterocycles. The van der Waals surface area contributed by atoms with E-state index in [1.54, 1.807) is 0 Å². The highest BCUT2D eigenvalue weighted by molar-refractivity contribution is 9.11. The van der Waals surface area contributed by atoms with Crippen LogP contribution in [-0.4, -0.2) is 9.78 Å². The van der Waals surface area contributed by atoms with Crippen LogP contribution in [0.4, 0.5) is 0 Å². The molecule has 1 saturated carbocycles. The van der Waals surface area contributed by atoms with E-state index in [-0.39, 0.29) is 0 Å². The standard InChI is InChI=1S/C23H23BrN2O/c1-2-20(24)23-18-9-5-6-10-22(18)27-14-16-12-21-15(11-19(16)23)13-25-26(21)17-7-3-4-8-17/h5-6,9-13,17H,2-4,7-8,14H2,1H3/b23-20+. The number of benzene rings is 2. The Morgan fingerprint density at radius 3 is 2.81 bits per heavy atom. The van der Waals surface area contributed by atoms with E-state index in [0.717, 1.165) is 17.7 Å². The molecule has 2 aliphatic rings. The van der Waals surface area contributed by atoms with E-state index in [9.17, 15) is 0 Å². The Morgan fingerprint density at radius 2 is 2.00 bits per heavy atom. The zero-order valence-corrected chi connectivity index (χ0v) is 17.1. The van der Waals surface area contributed by atoms with Crippen LogP contribution >= 0.6 is 15.9 Å². The molecule has 2 aromatic carbocycles. The summed E-state index contributed by atoms with van der Waals surface area (Å²) < 4.78 is 9.67. The van der Waals surface area contributed by atoms with Crippen molar-refractivity contribution in [3.8, 4) is 5.75 Å². The van der Waals surface area contributed by atoms with E-state index < -0.39 is 0 Å². The second-order valence-corrected chi connectivity index (χ2v) is 8.47. The minimum Gasteiger partial charge on any atom is -0.488 e. The molecule has 27 heavy (non-hydrogen) atoms. The van der Waals surface area contributed by atoms with Crippen LogP contribution in [0.25, 0.3) is 16.5 Å². The number of ether oxygens (including phenoxy) is 1. The lowest BCUT2D eigenvalue weighted by molar-refractivity contribution is 0.307. The highest BCUT2D eigenvalue weighted by Crippen LogP contribution is 2.42. The summed E-state index contributed by atoms with van der Waals surface area (Å²) in [5, 5.41) is 5.97. The van der Waals surface area contributed by atoms with Gasteiger partial charge in [0.05, 0.1) is 17.8 Å². The van der Waals surface area contributed by atoms with Crippen molar-refractivity contribution in [2.75, 3.05) is 0 Å². The van der Waals surface area contributed by atoms with Crippen molar-refractivity contribution in [3.63, 3.8) is 0 Å². The number of halogens is 1. The van der Waals surface area contributed by atoms with Crippen molar-refractivity contribution in [1.29, 1.82) is 0 Å². The summed E-state index contributed by atoms with van der Waals surface area (Å²) in [6.45, 7) is 2.77. The predicted octanol–water partition coefficient (Wildman–Crippen LogP) is 6.61. The van der Waals surface area contributed by atoms with E-state index >= 15 is 0 Å². The highest BCUT2D eigenvalue weighted by Gasteiger charge is 2.24. The molecule has 0 radical (unpaired) electrons. The first-order chi connectivity index (χ1) is 13.3. The monoisotopic (exact) mass is 422 g/mol. The molecule has 0 spiro atoms. The molecule has 3 aromatic rings. The third-order valence-electron chi connectivity index (χ3n) is 5.88. The van der Waals surface area contributed by atoms with E-state index in [4.69, 9.17) is 9.84 Å². The van der Waals surface area contributed by atoms with Gasteiger partial charge in [0.2, 0.25) is 0 Å². The van der Waals surface area contributed by atoms with Gasteiger partial charge in [-0.05, 0) is 48.6 Å². The van der Waals surface area contributed by atoms with Crippen molar-refractivity contribution in [1.82, 2.24) is 9.78 Å². The van der Waals surface area contributed by atoms with Crippen LogP contribution < -0.4 is 4.74 Å². The first kappa shape index (κ1) is 17.1. The van der Waals surface area contributed by atoms with Crippen LogP contribution in [-0.2, 0) is 6.61 Å². The summed E-state index contributed by atoms with van der Waals surface area (Å²) in [5.41, 5.74) is 6.14.